The number of aryl methyl sites for hydroxylation is 1. The van der Waals surface area contributed by atoms with Crippen molar-refractivity contribution >= 4 is 5.97 Å². The average molecular weight is 395 g/mol. The molecule has 0 radical (unpaired) electrons. The summed E-state index contributed by atoms with van der Waals surface area (Å²) >= 11 is 0. The zero-order valence-electron chi connectivity index (χ0n) is 16.4. The molecule has 0 spiro atoms. The molecule has 1 aromatic carbocycles. The minimum absolute atomic E-state index is 0.298. The summed E-state index contributed by atoms with van der Waals surface area (Å²) in [7, 11) is 0. The summed E-state index contributed by atoms with van der Waals surface area (Å²) in [6.45, 7) is 2.15. The number of benzene rings is 1. The maximum absolute atomic E-state index is 10.9. The van der Waals surface area contributed by atoms with Crippen molar-refractivity contribution in [1.29, 1.82) is 0 Å². The largest absolute Gasteiger partial charge is 0.481 e. The summed E-state index contributed by atoms with van der Waals surface area (Å²) in [5.41, 5.74) is 4.00. The Morgan fingerprint density at radius 1 is 1.21 bits per heavy atom. The number of hydrogen-bond acceptors (Lipinski definition) is 5. The molecular formula is C22H25N3O4. The Kier molecular flexibility index (Phi) is 5.64. The van der Waals surface area contributed by atoms with Crippen LogP contribution in [0, 0.1) is 12.8 Å². The molecule has 0 atom stereocenters. The molecule has 1 aliphatic carbocycles. The van der Waals surface area contributed by atoms with Gasteiger partial charge in [-0.3, -0.25) is 9.89 Å². The molecule has 2 aromatic heterocycles. The zero-order chi connectivity index (χ0) is 20.2. The lowest BCUT2D eigenvalue weighted by molar-refractivity contribution is -0.138. The molecule has 1 fully saturated rings. The van der Waals surface area contributed by atoms with E-state index in [1.54, 1.807) is 0 Å². The quantitative estimate of drug-likeness (QED) is 0.601. The lowest BCUT2D eigenvalue weighted by Gasteiger charge is -2.28. The van der Waals surface area contributed by atoms with Gasteiger partial charge in [0.25, 0.3) is 0 Å². The molecular weight excluding hydrogens is 370 g/mol. The fraction of sp³-hybridized carbons (Fsp3) is 0.409. The van der Waals surface area contributed by atoms with Crippen LogP contribution >= 0.6 is 0 Å². The predicted molar refractivity (Wildman–Crippen MR) is 107 cm³/mol. The maximum atomic E-state index is 10.9. The van der Waals surface area contributed by atoms with Crippen molar-refractivity contribution in [2.45, 2.75) is 51.6 Å². The van der Waals surface area contributed by atoms with Crippen molar-refractivity contribution in [2.24, 2.45) is 5.92 Å². The van der Waals surface area contributed by atoms with E-state index in [9.17, 15) is 4.79 Å². The topological polar surface area (TPSA) is 101 Å². The molecule has 4 rings (SSSR count). The van der Waals surface area contributed by atoms with Crippen molar-refractivity contribution < 1.29 is 19.2 Å². The Morgan fingerprint density at radius 2 is 1.97 bits per heavy atom. The van der Waals surface area contributed by atoms with Gasteiger partial charge in [-0.05, 0) is 55.6 Å². The summed E-state index contributed by atoms with van der Waals surface area (Å²) in [5, 5.41) is 20.1. The highest BCUT2D eigenvalue weighted by atomic mass is 16.5. The Labute approximate surface area is 169 Å². The summed E-state index contributed by atoms with van der Waals surface area (Å²) in [6, 6.07) is 12.2. The molecule has 0 amide bonds. The minimum atomic E-state index is -0.683. The normalized spacial score (nSPS) is 19.2. The molecule has 3 aromatic rings. The van der Waals surface area contributed by atoms with Gasteiger partial charge >= 0.3 is 5.97 Å². The summed E-state index contributed by atoms with van der Waals surface area (Å²) in [6.07, 6.45) is 4.39. The van der Waals surface area contributed by atoms with Gasteiger partial charge in [0.15, 0.2) is 0 Å². The number of aromatic amines is 1. The second-order valence-electron chi connectivity index (χ2n) is 7.77. The van der Waals surface area contributed by atoms with Gasteiger partial charge in [0.2, 0.25) is 5.88 Å². The molecule has 2 heterocycles. The number of ether oxygens (including phenoxy) is 1. The van der Waals surface area contributed by atoms with Crippen LogP contribution in [0.2, 0.25) is 0 Å². The first-order valence-electron chi connectivity index (χ1n) is 9.99. The highest BCUT2D eigenvalue weighted by Gasteiger charge is 2.24. The van der Waals surface area contributed by atoms with Crippen LogP contribution in [0.3, 0.4) is 0 Å². The first-order valence-corrected chi connectivity index (χ1v) is 9.99. The van der Waals surface area contributed by atoms with Crippen molar-refractivity contribution in [3.63, 3.8) is 0 Å². The first-order chi connectivity index (χ1) is 14.1. The van der Waals surface area contributed by atoms with Gasteiger partial charge in [0.05, 0.1) is 5.69 Å². The maximum Gasteiger partial charge on any atom is 0.303 e. The smallest absolute Gasteiger partial charge is 0.303 e. The van der Waals surface area contributed by atoms with Crippen molar-refractivity contribution in [2.75, 3.05) is 0 Å². The highest BCUT2D eigenvalue weighted by Crippen LogP contribution is 2.37. The van der Waals surface area contributed by atoms with E-state index >= 15 is 0 Å². The van der Waals surface area contributed by atoms with Gasteiger partial charge in [-0.1, -0.05) is 29.4 Å². The van der Waals surface area contributed by atoms with Gasteiger partial charge in [-0.2, -0.15) is 0 Å². The second-order valence-corrected chi connectivity index (χ2v) is 7.77. The molecule has 1 aliphatic rings. The second kappa shape index (κ2) is 8.51. The van der Waals surface area contributed by atoms with E-state index in [0.717, 1.165) is 48.4 Å². The van der Waals surface area contributed by atoms with E-state index < -0.39 is 5.97 Å². The number of aromatic nitrogens is 3. The summed E-state index contributed by atoms with van der Waals surface area (Å²) in [5.74, 6) is 1.42. The van der Waals surface area contributed by atoms with Crippen LogP contribution in [0.1, 0.15) is 55.0 Å². The number of aliphatic carboxylic acids is 1. The van der Waals surface area contributed by atoms with E-state index in [2.05, 4.69) is 39.6 Å². The molecule has 0 bridgehead atoms. The van der Waals surface area contributed by atoms with E-state index in [-0.39, 0.29) is 0 Å². The first kappa shape index (κ1) is 19.2. The third kappa shape index (κ3) is 4.85. The molecule has 7 nitrogen and oxygen atoms in total. The van der Waals surface area contributed by atoms with Gasteiger partial charge in [-0.15, -0.1) is 5.10 Å². The fourth-order valence-corrected chi connectivity index (χ4v) is 4.04. The molecule has 29 heavy (non-hydrogen) atoms. The Bertz CT molecular complexity index is 953. The number of nitrogens with one attached hydrogen (secondary N) is 1. The number of carboxylic acid groups (broad SMARTS) is 1. The van der Waals surface area contributed by atoms with Crippen LogP contribution in [0.4, 0.5) is 0 Å². The predicted octanol–water partition coefficient (Wildman–Crippen LogP) is 4.70. The Balaban J connectivity index is 1.33. The van der Waals surface area contributed by atoms with Crippen molar-refractivity contribution in [3.8, 4) is 17.1 Å². The van der Waals surface area contributed by atoms with Gasteiger partial charge in [-0.25, -0.2) is 0 Å². The number of nitrogens with zero attached hydrogens (tertiary/aromatic N) is 2. The van der Waals surface area contributed by atoms with Crippen LogP contribution in [0.25, 0.3) is 11.3 Å². The molecule has 1 saturated carbocycles. The van der Waals surface area contributed by atoms with E-state index in [1.165, 1.54) is 5.56 Å². The highest BCUT2D eigenvalue weighted by molar-refractivity contribution is 5.67. The Morgan fingerprint density at radius 3 is 2.62 bits per heavy atom. The van der Waals surface area contributed by atoms with Gasteiger partial charge in [0.1, 0.15) is 18.1 Å². The monoisotopic (exact) mass is 395 g/mol. The summed E-state index contributed by atoms with van der Waals surface area (Å²) < 4.78 is 10.7. The zero-order valence-corrected chi connectivity index (χ0v) is 16.4. The third-order valence-electron chi connectivity index (χ3n) is 5.60. The number of H-pyrrole nitrogens is 1. The molecule has 2 N–H and O–H groups in total. The van der Waals surface area contributed by atoms with Crippen LogP contribution in [-0.2, 0) is 11.4 Å². The molecule has 7 heteroatoms. The number of hydrogen-bond donors (Lipinski definition) is 2. The van der Waals surface area contributed by atoms with E-state index in [4.69, 9.17) is 14.4 Å². The number of carbonyl (C=O) groups is 1. The average Bonchev–Trinajstić information content (AvgIpc) is 3.36. The van der Waals surface area contributed by atoms with E-state index in [0.29, 0.717) is 30.7 Å². The van der Waals surface area contributed by atoms with Gasteiger partial charge < -0.3 is 14.4 Å². The lowest BCUT2D eigenvalue weighted by atomic mass is 9.77. The lowest BCUT2D eigenvalue weighted by Crippen LogP contribution is -2.16. The molecule has 0 saturated heterocycles. The van der Waals surface area contributed by atoms with Crippen molar-refractivity contribution in [3.05, 3.63) is 53.4 Å². The fourth-order valence-electron chi connectivity index (χ4n) is 4.04. The standard InChI is InChI=1S/C22H25N3O4/c1-14-10-19(25-29-14)13-28-21-12-20(23-24-21)18-8-6-17(7-9-18)16-4-2-15(3-5-16)11-22(26)27/h6-10,12,15-16H,2-5,11,13H2,1H3,(H,23,24)(H,26,27). The SMILES string of the molecule is Cc1cc(COc2cc(-c3ccc(C4CCC(CC(=O)O)CC4)cc3)[nH]n2)no1. The number of rotatable bonds is 7. The van der Waals surface area contributed by atoms with Crippen LogP contribution < -0.4 is 4.74 Å². The molecule has 0 aliphatic heterocycles. The molecule has 152 valence electrons. The van der Waals surface area contributed by atoms with Crippen LogP contribution in [0.5, 0.6) is 5.88 Å². The van der Waals surface area contributed by atoms with Crippen molar-refractivity contribution in [1.82, 2.24) is 15.4 Å². The van der Waals surface area contributed by atoms with Crippen LogP contribution in [0.15, 0.2) is 40.9 Å². The summed E-state index contributed by atoms with van der Waals surface area (Å²) in [4.78, 5) is 10.9. The molecule has 0 unspecified atom stereocenters. The third-order valence-corrected chi connectivity index (χ3v) is 5.60. The number of carboxylic acids is 1. The van der Waals surface area contributed by atoms with Gasteiger partial charge in [0, 0.05) is 18.6 Å². The van der Waals surface area contributed by atoms with E-state index in [1.807, 2.05) is 19.1 Å². The Hall–Kier alpha value is -3.09. The van der Waals surface area contributed by atoms with Crippen LogP contribution in [-0.4, -0.2) is 26.4 Å². The minimum Gasteiger partial charge on any atom is -0.481 e.